The standard InChI is InChI=1S/C13H22N2/c1-15(2)11-13(14)10-6-9-12-7-4-3-5-8-12/h3-5,7-8,13H,6,9-11,14H2,1-2H3. The van der Waals surface area contributed by atoms with Crippen LogP contribution in [0.2, 0.25) is 0 Å². The number of hydrogen-bond acceptors (Lipinski definition) is 2. The van der Waals surface area contributed by atoms with Crippen LogP contribution >= 0.6 is 0 Å². The molecule has 2 heteroatoms. The highest BCUT2D eigenvalue weighted by molar-refractivity contribution is 5.14. The van der Waals surface area contributed by atoms with Crippen molar-refractivity contribution in [1.29, 1.82) is 0 Å². The van der Waals surface area contributed by atoms with Crippen LogP contribution in [0.1, 0.15) is 18.4 Å². The van der Waals surface area contributed by atoms with Gasteiger partial charge in [-0.05, 0) is 38.9 Å². The van der Waals surface area contributed by atoms with Crippen molar-refractivity contribution in [3.63, 3.8) is 0 Å². The Hall–Kier alpha value is -0.860. The SMILES string of the molecule is CN(C)CC(N)CCCc1ccccc1. The predicted molar refractivity (Wildman–Crippen MR) is 65.9 cm³/mol. The predicted octanol–water partition coefficient (Wildman–Crippen LogP) is 1.90. The fourth-order valence-corrected chi connectivity index (χ4v) is 1.77. The molecule has 0 saturated heterocycles. The molecule has 2 N–H and O–H groups in total. The van der Waals surface area contributed by atoms with Crippen LogP contribution in [0.25, 0.3) is 0 Å². The van der Waals surface area contributed by atoms with E-state index in [0.717, 1.165) is 19.4 Å². The van der Waals surface area contributed by atoms with Crippen molar-refractivity contribution in [3.8, 4) is 0 Å². The molecule has 1 atom stereocenters. The van der Waals surface area contributed by atoms with Gasteiger partial charge in [-0.1, -0.05) is 30.3 Å². The maximum absolute atomic E-state index is 6.00. The van der Waals surface area contributed by atoms with Crippen LogP contribution in [0.4, 0.5) is 0 Å². The van der Waals surface area contributed by atoms with Crippen molar-refractivity contribution in [1.82, 2.24) is 4.90 Å². The largest absolute Gasteiger partial charge is 0.327 e. The maximum atomic E-state index is 6.00. The summed E-state index contributed by atoms with van der Waals surface area (Å²) in [6, 6.07) is 10.9. The van der Waals surface area contributed by atoms with Gasteiger partial charge >= 0.3 is 0 Å². The van der Waals surface area contributed by atoms with E-state index in [4.69, 9.17) is 5.73 Å². The molecule has 1 unspecified atom stereocenters. The molecule has 84 valence electrons. The summed E-state index contributed by atoms with van der Waals surface area (Å²) in [4.78, 5) is 2.15. The van der Waals surface area contributed by atoms with Crippen LogP contribution in [-0.2, 0) is 6.42 Å². The van der Waals surface area contributed by atoms with E-state index in [2.05, 4.69) is 49.3 Å². The topological polar surface area (TPSA) is 29.3 Å². The zero-order valence-electron chi connectivity index (χ0n) is 9.82. The zero-order valence-corrected chi connectivity index (χ0v) is 9.82. The van der Waals surface area contributed by atoms with Gasteiger partial charge in [0.25, 0.3) is 0 Å². The molecule has 1 aromatic rings. The van der Waals surface area contributed by atoms with E-state index < -0.39 is 0 Å². The van der Waals surface area contributed by atoms with E-state index >= 15 is 0 Å². The van der Waals surface area contributed by atoms with Crippen molar-refractivity contribution < 1.29 is 0 Å². The van der Waals surface area contributed by atoms with E-state index in [1.165, 1.54) is 12.0 Å². The van der Waals surface area contributed by atoms with E-state index in [1.807, 2.05) is 0 Å². The average molecular weight is 206 g/mol. The molecular formula is C13H22N2. The highest BCUT2D eigenvalue weighted by Gasteiger charge is 2.03. The smallest absolute Gasteiger partial charge is 0.0167 e. The van der Waals surface area contributed by atoms with Crippen LogP contribution in [0.5, 0.6) is 0 Å². The highest BCUT2D eigenvalue weighted by Crippen LogP contribution is 2.05. The Bertz CT molecular complexity index is 256. The lowest BCUT2D eigenvalue weighted by atomic mass is 10.1. The molecule has 0 radical (unpaired) electrons. The number of rotatable bonds is 6. The monoisotopic (exact) mass is 206 g/mol. The maximum Gasteiger partial charge on any atom is 0.0167 e. The summed E-state index contributed by atoms with van der Waals surface area (Å²) in [7, 11) is 4.13. The summed E-state index contributed by atoms with van der Waals surface area (Å²) in [5, 5.41) is 0. The Balaban J connectivity index is 2.16. The first-order chi connectivity index (χ1) is 7.18. The molecule has 0 aliphatic heterocycles. The fraction of sp³-hybridized carbons (Fsp3) is 0.538. The van der Waals surface area contributed by atoms with Gasteiger partial charge in [0.05, 0.1) is 0 Å². The van der Waals surface area contributed by atoms with Gasteiger partial charge in [-0.2, -0.15) is 0 Å². The number of likely N-dealkylation sites (N-methyl/N-ethyl adjacent to an activating group) is 1. The zero-order chi connectivity index (χ0) is 11.1. The first-order valence-corrected chi connectivity index (χ1v) is 5.62. The Kier molecular flexibility index (Phi) is 5.37. The van der Waals surface area contributed by atoms with Gasteiger partial charge in [-0.15, -0.1) is 0 Å². The van der Waals surface area contributed by atoms with E-state index in [1.54, 1.807) is 0 Å². The molecule has 0 saturated carbocycles. The Morgan fingerprint density at radius 2 is 1.87 bits per heavy atom. The third kappa shape index (κ3) is 5.55. The van der Waals surface area contributed by atoms with Gasteiger partial charge in [0.1, 0.15) is 0 Å². The van der Waals surface area contributed by atoms with E-state index in [-0.39, 0.29) is 0 Å². The molecule has 1 aromatic carbocycles. The summed E-state index contributed by atoms with van der Waals surface area (Å²) in [6.07, 6.45) is 3.42. The summed E-state index contributed by atoms with van der Waals surface area (Å²) in [6.45, 7) is 0.981. The number of benzene rings is 1. The summed E-state index contributed by atoms with van der Waals surface area (Å²) in [5.41, 5.74) is 7.41. The van der Waals surface area contributed by atoms with Gasteiger partial charge in [-0.3, -0.25) is 0 Å². The van der Waals surface area contributed by atoms with Crippen molar-refractivity contribution >= 4 is 0 Å². The summed E-state index contributed by atoms with van der Waals surface area (Å²) in [5.74, 6) is 0. The minimum atomic E-state index is 0.309. The summed E-state index contributed by atoms with van der Waals surface area (Å²) < 4.78 is 0. The Morgan fingerprint density at radius 3 is 2.47 bits per heavy atom. The van der Waals surface area contributed by atoms with Crippen LogP contribution in [0, 0.1) is 0 Å². The number of aryl methyl sites for hydroxylation is 1. The molecule has 0 aliphatic rings. The quantitative estimate of drug-likeness (QED) is 0.770. The lowest BCUT2D eigenvalue weighted by Gasteiger charge is -2.16. The van der Waals surface area contributed by atoms with Gasteiger partial charge in [0.15, 0.2) is 0 Å². The molecule has 0 aromatic heterocycles. The number of hydrogen-bond donors (Lipinski definition) is 1. The molecule has 1 rings (SSSR count). The average Bonchev–Trinajstić information content (AvgIpc) is 2.18. The molecule has 0 heterocycles. The second kappa shape index (κ2) is 6.59. The van der Waals surface area contributed by atoms with Crippen LogP contribution in [-0.4, -0.2) is 31.6 Å². The van der Waals surface area contributed by atoms with Crippen LogP contribution in [0.15, 0.2) is 30.3 Å². The van der Waals surface area contributed by atoms with Gasteiger partial charge in [-0.25, -0.2) is 0 Å². The number of nitrogens with zero attached hydrogens (tertiary/aromatic N) is 1. The first kappa shape index (κ1) is 12.2. The van der Waals surface area contributed by atoms with Gasteiger partial charge in [0.2, 0.25) is 0 Å². The van der Waals surface area contributed by atoms with E-state index in [9.17, 15) is 0 Å². The Morgan fingerprint density at radius 1 is 1.20 bits per heavy atom. The molecule has 0 bridgehead atoms. The molecule has 0 fully saturated rings. The number of nitrogens with two attached hydrogens (primary N) is 1. The molecule has 0 aliphatic carbocycles. The van der Waals surface area contributed by atoms with Crippen molar-refractivity contribution in [2.45, 2.75) is 25.3 Å². The summed E-state index contributed by atoms with van der Waals surface area (Å²) >= 11 is 0. The van der Waals surface area contributed by atoms with Crippen LogP contribution in [0.3, 0.4) is 0 Å². The van der Waals surface area contributed by atoms with Crippen LogP contribution < -0.4 is 5.73 Å². The molecule has 2 nitrogen and oxygen atoms in total. The van der Waals surface area contributed by atoms with Crippen molar-refractivity contribution in [3.05, 3.63) is 35.9 Å². The first-order valence-electron chi connectivity index (χ1n) is 5.62. The van der Waals surface area contributed by atoms with Crippen molar-refractivity contribution in [2.24, 2.45) is 5.73 Å². The Labute approximate surface area is 93.1 Å². The third-order valence-electron chi connectivity index (χ3n) is 2.48. The lowest BCUT2D eigenvalue weighted by molar-refractivity contribution is 0.360. The van der Waals surface area contributed by atoms with Crippen molar-refractivity contribution in [2.75, 3.05) is 20.6 Å². The minimum absolute atomic E-state index is 0.309. The fourth-order valence-electron chi connectivity index (χ4n) is 1.77. The molecule has 0 spiro atoms. The molecule has 0 amide bonds. The second-order valence-corrected chi connectivity index (χ2v) is 4.40. The molecule has 15 heavy (non-hydrogen) atoms. The minimum Gasteiger partial charge on any atom is -0.327 e. The lowest BCUT2D eigenvalue weighted by Crippen LogP contribution is -2.33. The van der Waals surface area contributed by atoms with E-state index in [0.29, 0.717) is 6.04 Å². The van der Waals surface area contributed by atoms with Gasteiger partial charge in [0, 0.05) is 12.6 Å². The van der Waals surface area contributed by atoms with Gasteiger partial charge < -0.3 is 10.6 Å². The second-order valence-electron chi connectivity index (χ2n) is 4.40. The highest BCUT2D eigenvalue weighted by atomic mass is 15.1. The normalized spacial score (nSPS) is 13.1. The third-order valence-corrected chi connectivity index (χ3v) is 2.48. The molecular weight excluding hydrogens is 184 g/mol.